The van der Waals surface area contributed by atoms with E-state index in [4.69, 9.17) is 0 Å². The number of hydrogen-bond donors (Lipinski definition) is 0. The second-order valence-corrected chi connectivity index (χ2v) is 15.4. The first-order valence-corrected chi connectivity index (χ1v) is 17.5. The number of para-hydroxylation sites is 2. The van der Waals surface area contributed by atoms with Crippen LogP contribution in [-0.2, 0) is 35.9 Å². The SMILES string of the molecule is CC1(C)C(=CC2=C([O-])C(=CC3=[N+](CCCS(=O)(=O)[O-])c4ccccc4C3(C)C)C2=O)N(CCCS(=O)(=O)[O-])c2ccccc21.[Na+].[Na+]. The Hall–Kier alpha value is -1.58. The van der Waals surface area contributed by atoms with Crippen LogP contribution in [0.3, 0.4) is 0 Å². The maximum absolute atomic E-state index is 13.6. The summed E-state index contributed by atoms with van der Waals surface area (Å²) >= 11 is 0. The summed E-state index contributed by atoms with van der Waals surface area (Å²) in [7, 11) is -8.82. The van der Waals surface area contributed by atoms with E-state index in [0.717, 1.165) is 22.5 Å². The third kappa shape index (κ3) is 7.51. The zero-order valence-electron chi connectivity index (χ0n) is 27.0. The van der Waals surface area contributed by atoms with E-state index < -0.39 is 54.1 Å². The van der Waals surface area contributed by atoms with Gasteiger partial charge in [-0.15, -0.1) is 0 Å². The minimum Gasteiger partial charge on any atom is -0.871 e. The number of anilines is 1. The summed E-state index contributed by atoms with van der Waals surface area (Å²) in [6.45, 7) is 8.26. The molecule has 0 N–H and O–H groups in total. The summed E-state index contributed by atoms with van der Waals surface area (Å²) in [4.78, 5) is 15.4. The number of ketones is 1. The fraction of sp³-hybridized carbons (Fsp3) is 0.375. The van der Waals surface area contributed by atoms with E-state index in [9.17, 15) is 35.8 Å². The molecule has 0 atom stereocenters. The van der Waals surface area contributed by atoms with Gasteiger partial charge in [-0.25, -0.2) is 16.8 Å². The van der Waals surface area contributed by atoms with Gasteiger partial charge < -0.3 is 19.1 Å². The van der Waals surface area contributed by atoms with Gasteiger partial charge in [0.15, 0.2) is 11.5 Å². The monoisotopic (exact) mass is 684 g/mol. The number of nitrogens with zero attached hydrogens (tertiary/aromatic N) is 2. The van der Waals surface area contributed by atoms with Crippen molar-refractivity contribution >= 4 is 43.1 Å². The van der Waals surface area contributed by atoms with Crippen LogP contribution in [0.4, 0.5) is 11.4 Å². The maximum Gasteiger partial charge on any atom is 1.00 e. The van der Waals surface area contributed by atoms with Gasteiger partial charge in [-0.2, -0.15) is 4.58 Å². The molecule has 234 valence electrons. The van der Waals surface area contributed by atoms with Gasteiger partial charge in [0.05, 0.1) is 25.7 Å². The van der Waals surface area contributed by atoms with Crippen LogP contribution in [0.1, 0.15) is 51.7 Å². The molecule has 2 aliphatic heterocycles. The van der Waals surface area contributed by atoms with Gasteiger partial charge in [-0.1, -0.05) is 56.0 Å². The first-order valence-electron chi connectivity index (χ1n) is 14.3. The summed E-state index contributed by atoms with van der Waals surface area (Å²) in [5, 5.41) is 13.6. The third-order valence-corrected chi connectivity index (χ3v) is 10.3. The number of Topliss-reactive ketones (excluding diaryl/α,β-unsaturated/α-hetero) is 1. The molecule has 0 saturated carbocycles. The summed E-state index contributed by atoms with van der Waals surface area (Å²) in [6.07, 6.45) is 3.30. The normalized spacial score (nSPS) is 20.0. The molecule has 2 heterocycles. The molecule has 0 unspecified atom stereocenters. The Labute approximate surface area is 315 Å². The molecule has 1 aliphatic carbocycles. The number of benzene rings is 2. The molecule has 2 aromatic rings. The van der Waals surface area contributed by atoms with E-state index in [-0.39, 0.29) is 96.2 Å². The molecule has 5 rings (SSSR count). The summed E-state index contributed by atoms with van der Waals surface area (Å²) < 4.78 is 69.5. The molecule has 0 aromatic heterocycles. The topological polar surface area (TPSA) is 161 Å². The van der Waals surface area contributed by atoms with Gasteiger partial charge in [0.2, 0.25) is 5.69 Å². The van der Waals surface area contributed by atoms with E-state index in [1.165, 1.54) is 0 Å². The van der Waals surface area contributed by atoms with Crippen LogP contribution < -0.4 is 69.1 Å². The number of allylic oxidation sites excluding steroid dienone is 5. The number of hydrogen-bond acceptors (Lipinski definition) is 9. The fourth-order valence-electron chi connectivity index (χ4n) is 6.45. The van der Waals surface area contributed by atoms with Crippen molar-refractivity contribution < 1.29 is 99.5 Å². The van der Waals surface area contributed by atoms with E-state index in [1.54, 1.807) is 12.2 Å². The Morgan fingerprint density at radius 2 is 1.37 bits per heavy atom. The zero-order chi connectivity index (χ0) is 32.2. The number of fused-ring (bicyclic) bond motifs is 2. The predicted molar refractivity (Wildman–Crippen MR) is 163 cm³/mol. The van der Waals surface area contributed by atoms with Gasteiger partial charge in [0.25, 0.3) is 0 Å². The molecule has 14 heteroatoms. The molecule has 46 heavy (non-hydrogen) atoms. The van der Waals surface area contributed by atoms with Crippen LogP contribution in [0.25, 0.3) is 0 Å². The van der Waals surface area contributed by atoms with Gasteiger partial charge in [0.1, 0.15) is 6.54 Å². The maximum atomic E-state index is 13.6. The van der Waals surface area contributed by atoms with E-state index in [2.05, 4.69) is 0 Å². The Morgan fingerprint density at radius 1 is 0.804 bits per heavy atom. The minimum absolute atomic E-state index is 0. The molecule has 3 aliphatic rings. The van der Waals surface area contributed by atoms with Crippen LogP contribution in [0.2, 0.25) is 0 Å². The minimum atomic E-state index is -4.41. The Balaban J connectivity index is 0.00000288. The fourth-order valence-corrected chi connectivity index (χ4v) is 7.42. The van der Waals surface area contributed by atoms with E-state index >= 15 is 0 Å². The van der Waals surface area contributed by atoms with Crippen LogP contribution in [-0.4, -0.2) is 66.6 Å². The van der Waals surface area contributed by atoms with Crippen LogP contribution in [0, 0.1) is 0 Å². The smallest absolute Gasteiger partial charge is 0.871 e. The van der Waals surface area contributed by atoms with Crippen molar-refractivity contribution in [2.45, 2.75) is 51.4 Å². The van der Waals surface area contributed by atoms with Crippen molar-refractivity contribution in [2.75, 3.05) is 29.5 Å². The molecule has 10 nitrogen and oxygen atoms in total. The molecular weight excluding hydrogens is 650 g/mol. The number of carbonyl (C=O) groups is 1. The van der Waals surface area contributed by atoms with Crippen LogP contribution >= 0.6 is 0 Å². The quantitative estimate of drug-likeness (QED) is 0.108. The zero-order valence-corrected chi connectivity index (χ0v) is 32.6. The van der Waals surface area contributed by atoms with E-state index in [0.29, 0.717) is 11.4 Å². The first kappa shape index (κ1) is 38.9. The van der Waals surface area contributed by atoms with Crippen molar-refractivity contribution in [3.05, 3.63) is 94.4 Å². The number of rotatable bonds is 10. The van der Waals surface area contributed by atoms with E-state index in [1.807, 2.05) is 85.7 Å². The van der Waals surface area contributed by atoms with Gasteiger partial charge in [-0.05, 0) is 38.0 Å². The molecule has 0 bridgehead atoms. The average molecular weight is 685 g/mol. The molecule has 2 aromatic carbocycles. The molecule has 0 fully saturated rings. The van der Waals surface area contributed by atoms with Gasteiger partial charge in [-0.3, -0.25) is 4.79 Å². The van der Waals surface area contributed by atoms with Crippen molar-refractivity contribution in [3.63, 3.8) is 0 Å². The third-order valence-electron chi connectivity index (χ3n) is 8.69. The van der Waals surface area contributed by atoms with Gasteiger partial charge >= 0.3 is 59.1 Å². The molecule has 0 amide bonds. The van der Waals surface area contributed by atoms with Crippen LogP contribution in [0.15, 0.2) is 83.3 Å². The first-order chi connectivity index (χ1) is 20.4. The second kappa shape index (κ2) is 14.1. The Kier molecular flexibility index (Phi) is 11.9. The predicted octanol–water partition coefficient (Wildman–Crippen LogP) is -3.25. The molecule has 0 spiro atoms. The average Bonchev–Trinajstić information content (AvgIpc) is 3.27. The van der Waals surface area contributed by atoms with Crippen molar-refractivity contribution in [2.24, 2.45) is 0 Å². The number of carbonyl (C=O) groups excluding carboxylic acids is 1. The second-order valence-electron chi connectivity index (χ2n) is 12.4. The summed E-state index contributed by atoms with van der Waals surface area (Å²) in [5.74, 6) is -1.93. The largest absolute Gasteiger partial charge is 1.00 e. The Morgan fingerprint density at radius 3 is 1.98 bits per heavy atom. The van der Waals surface area contributed by atoms with Crippen LogP contribution in [0.5, 0.6) is 0 Å². The molecular formula is C32H34N2Na2O8S2. The van der Waals surface area contributed by atoms with Gasteiger partial charge in [0, 0.05) is 70.1 Å². The summed E-state index contributed by atoms with van der Waals surface area (Å²) in [6, 6.07) is 15.1. The van der Waals surface area contributed by atoms with Crippen molar-refractivity contribution in [1.29, 1.82) is 0 Å². The van der Waals surface area contributed by atoms with Crippen molar-refractivity contribution in [1.82, 2.24) is 0 Å². The molecule has 0 radical (unpaired) electrons. The Bertz CT molecular complexity index is 1910. The van der Waals surface area contributed by atoms with Crippen molar-refractivity contribution in [3.8, 4) is 0 Å². The standard InChI is InChI=1S/C32H36N2O8S2.2Na/c1-31(2)23-11-5-7-13-25(23)33(15-9-17-43(37,38)39)27(31)19-21-29(35)22(30(21)36)20-28-32(3,4)24-12-6-8-14-26(24)34(28)16-10-18-44(40,41)42;;/h5-8,11-14,19-20H,9-10,15-18H2,1-4H3,(H2-,35,36,37,38,39,40,41,42);;/q;2*+1/p-2. The molecule has 0 saturated heterocycles. The summed E-state index contributed by atoms with van der Waals surface area (Å²) in [5.41, 5.74) is 3.63.